The summed E-state index contributed by atoms with van der Waals surface area (Å²) in [4.78, 5) is 14.1. The summed E-state index contributed by atoms with van der Waals surface area (Å²) < 4.78 is 10.6. The number of nitrogens with zero attached hydrogens (tertiary/aromatic N) is 1. The minimum atomic E-state index is -0.0155. The van der Waals surface area contributed by atoms with Gasteiger partial charge in [0.2, 0.25) is 5.91 Å². The van der Waals surface area contributed by atoms with Crippen LogP contribution in [0.3, 0.4) is 0 Å². The molecule has 0 saturated heterocycles. The van der Waals surface area contributed by atoms with Crippen molar-refractivity contribution in [2.45, 2.75) is 24.2 Å². The minimum Gasteiger partial charge on any atom is -0.491 e. The second kappa shape index (κ2) is 10.1. The van der Waals surface area contributed by atoms with Gasteiger partial charge in [0.1, 0.15) is 12.4 Å². The van der Waals surface area contributed by atoms with Crippen LogP contribution in [0.4, 0.5) is 0 Å². The first kappa shape index (κ1) is 21.1. The van der Waals surface area contributed by atoms with Gasteiger partial charge in [-0.2, -0.15) is 0 Å². The van der Waals surface area contributed by atoms with Crippen LogP contribution in [0.2, 0.25) is 0 Å². The quantitative estimate of drug-likeness (QED) is 0.259. The molecule has 0 aliphatic carbocycles. The van der Waals surface area contributed by atoms with E-state index in [1.54, 1.807) is 7.11 Å². The second-order valence-corrected chi connectivity index (χ2v) is 6.60. The summed E-state index contributed by atoms with van der Waals surface area (Å²) in [5.41, 5.74) is 3.01. The zero-order valence-corrected chi connectivity index (χ0v) is 18.8. The molecule has 1 heterocycles. The Morgan fingerprint density at radius 1 is 1.39 bits per heavy atom. The van der Waals surface area contributed by atoms with Gasteiger partial charge >= 0.3 is 0 Å². The molecule has 1 unspecified atom stereocenters. The molecule has 1 radical (unpaired) electrons. The molecule has 0 aromatic heterocycles. The van der Waals surface area contributed by atoms with Crippen LogP contribution in [0.5, 0.6) is 5.75 Å². The van der Waals surface area contributed by atoms with E-state index in [4.69, 9.17) is 9.47 Å². The third kappa shape index (κ3) is 5.25. The molecule has 23 heavy (non-hydrogen) atoms. The van der Waals surface area contributed by atoms with Crippen molar-refractivity contribution >= 4 is 34.2 Å². The van der Waals surface area contributed by atoms with E-state index in [-0.39, 0.29) is 42.5 Å². The average Bonchev–Trinajstić information content (AvgIpc) is 2.51. The fourth-order valence-electron chi connectivity index (χ4n) is 2.44. The van der Waals surface area contributed by atoms with Crippen molar-refractivity contribution in [2.24, 2.45) is 0 Å². The van der Waals surface area contributed by atoms with E-state index in [1.807, 2.05) is 36.9 Å². The normalized spacial score (nSPS) is 17.6. The Bertz CT molecular complexity index is 577. The number of hydrogen-bond acceptors (Lipinski definition) is 3. The monoisotopic (exact) mass is 503 g/mol. The van der Waals surface area contributed by atoms with Gasteiger partial charge in [-0.05, 0) is 19.1 Å². The number of carbonyl (C=O) groups excluding carboxylic acids is 1. The van der Waals surface area contributed by atoms with Crippen LogP contribution in [0.1, 0.15) is 24.5 Å². The number of alkyl halides is 1. The van der Waals surface area contributed by atoms with Crippen molar-refractivity contribution in [1.29, 1.82) is 0 Å². The number of halogens is 1. The predicted molar refractivity (Wildman–Crippen MR) is 95.0 cm³/mol. The molecule has 0 spiro atoms. The summed E-state index contributed by atoms with van der Waals surface area (Å²) >= 11 is 2.18. The molecular weight excluding hydrogens is 482 g/mol. The van der Waals surface area contributed by atoms with Crippen LogP contribution in [0.25, 0.3) is 5.70 Å². The number of rotatable bonds is 6. The van der Waals surface area contributed by atoms with E-state index < -0.39 is 0 Å². The van der Waals surface area contributed by atoms with Gasteiger partial charge in [-0.1, -0.05) is 35.9 Å². The van der Waals surface area contributed by atoms with Crippen LogP contribution in [-0.4, -0.2) is 41.6 Å². The van der Waals surface area contributed by atoms with Gasteiger partial charge in [0.25, 0.3) is 0 Å². The number of allylic oxidation sites excluding steroid dienone is 1. The molecule has 1 atom stereocenters. The van der Waals surface area contributed by atoms with E-state index in [1.165, 1.54) is 0 Å². The summed E-state index contributed by atoms with van der Waals surface area (Å²) in [6, 6.07) is 5.93. The second-order valence-electron chi connectivity index (χ2n) is 5.10. The number of aryl methyl sites for hydroxylation is 1. The van der Waals surface area contributed by atoms with Gasteiger partial charge in [0.15, 0.2) is 0 Å². The Kier molecular flexibility index (Phi) is 9.26. The maximum atomic E-state index is 12.3. The van der Waals surface area contributed by atoms with E-state index in [0.29, 0.717) is 26.2 Å². The van der Waals surface area contributed by atoms with Gasteiger partial charge < -0.3 is 14.4 Å². The van der Waals surface area contributed by atoms with Gasteiger partial charge in [-0.3, -0.25) is 4.79 Å². The standard InChI is InChI=1S/C17H21INO3.Y/c1-4-19-16(8-7-15(18)17(19)20)14-6-5-13(11-12(14)2)22-10-9-21-3;/h5-6,11,15H,4,7,9-10H2,1-3H3;/q-1;. The molecule has 2 rings (SSSR count). The molecule has 1 aliphatic heterocycles. The fraction of sp³-hybridized carbons (Fsp3) is 0.471. The molecule has 0 saturated carbocycles. The Morgan fingerprint density at radius 2 is 2.13 bits per heavy atom. The Balaban J connectivity index is 0.00000264. The maximum Gasteiger partial charge on any atom is 0.235 e. The number of methoxy groups -OCH3 is 1. The van der Waals surface area contributed by atoms with Crippen LogP contribution in [0, 0.1) is 13.0 Å². The zero-order valence-electron chi connectivity index (χ0n) is 13.8. The summed E-state index contributed by atoms with van der Waals surface area (Å²) in [6.45, 7) is 5.77. The smallest absolute Gasteiger partial charge is 0.235 e. The molecular formula is C17H21INO3Y-. The molecule has 0 N–H and O–H groups in total. The van der Waals surface area contributed by atoms with E-state index in [0.717, 1.165) is 22.6 Å². The summed E-state index contributed by atoms with van der Waals surface area (Å²) in [6.07, 6.45) is 4.05. The first-order valence-electron chi connectivity index (χ1n) is 7.37. The minimum absolute atomic E-state index is 0. The zero-order chi connectivity index (χ0) is 16.1. The number of carbonyl (C=O) groups is 1. The number of benzene rings is 1. The van der Waals surface area contributed by atoms with Crippen molar-refractivity contribution in [2.75, 3.05) is 26.9 Å². The van der Waals surface area contributed by atoms with Crippen molar-refractivity contribution in [3.8, 4) is 5.75 Å². The Hall–Kier alpha value is 0.0239. The van der Waals surface area contributed by atoms with Crippen molar-refractivity contribution in [3.05, 3.63) is 35.4 Å². The van der Waals surface area contributed by atoms with Crippen molar-refractivity contribution in [1.82, 2.24) is 4.90 Å². The number of hydrogen-bond donors (Lipinski definition) is 0. The predicted octanol–water partition coefficient (Wildman–Crippen LogP) is 3.22. The largest absolute Gasteiger partial charge is 0.491 e. The molecule has 1 aromatic rings. The molecule has 4 nitrogen and oxygen atoms in total. The van der Waals surface area contributed by atoms with Gasteiger partial charge in [0, 0.05) is 46.4 Å². The molecule has 0 bridgehead atoms. The first-order chi connectivity index (χ1) is 10.6. The van der Waals surface area contributed by atoms with Gasteiger partial charge in [0.05, 0.1) is 10.5 Å². The number of amides is 1. The topological polar surface area (TPSA) is 38.8 Å². The molecule has 123 valence electrons. The van der Waals surface area contributed by atoms with E-state index >= 15 is 0 Å². The van der Waals surface area contributed by atoms with Crippen LogP contribution in [0.15, 0.2) is 18.2 Å². The molecule has 0 fully saturated rings. The average molecular weight is 503 g/mol. The van der Waals surface area contributed by atoms with Crippen LogP contribution >= 0.6 is 22.6 Å². The number of ether oxygens (including phenoxy) is 2. The Labute approximate surface area is 177 Å². The molecule has 1 amide bonds. The van der Waals surface area contributed by atoms with Crippen molar-refractivity contribution in [3.63, 3.8) is 0 Å². The Morgan fingerprint density at radius 3 is 2.74 bits per heavy atom. The SMILES string of the molecule is CCN1C(=O)C(I)C[C-]=C1c1ccc(OCCOC)cc1C.[Y]. The van der Waals surface area contributed by atoms with Crippen molar-refractivity contribution < 1.29 is 47.0 Å². The van der Waals surface area contributed by atoms with Gasteiger partial charge in [-0.25, -0.2) is 6.08 Å². The summed E-state index contributed by atoms with van der Waals surface area (Å²) in [5, 5.41) is 0. The van der Waals surface area contributed by atoms with Crippen LogP contribution in [-0.2, 0) is 42.2 Å². The molecule has 1 aliphatic rings. The fourth-order valence-corrected chi connectivity index (χ4v) is 2.99. The van der Waals surface area contributed by atoms with E-state index in [2.05, 4.69) is 28.7 Å². The van der Waals surface area contributed by atoms with Crippen LogP contribution < -0.4 is 4.74 Å². The first-order valence-corrected chi connectivity index (χ1v) is 8.62. The summed E-state index contributed by atoms with van der Waals surface area (Å²) in [5.74, 6) is 0.979. The third-order valence-corrected chi connectivity index (χ3v) is 4.55. The maximum absolute atomic E-state index is 12.3. The third-order valence-electron chi connectivity index (χ3n) is 3.58. The molecule has 6 heteroatoms. The van der Waals surface area contributed by atoms with Gasteiger partial charge in [-0.15, -0.1) is 22.9 Å². The molecule has 1 aromatic carbocycles. The van der Waals surface area contributed by atoms with E-state index in [9.17, 15) is 4.79 Å². The summed E-state index contributed by atoms with van der Waals surface area (Å²) in [7, 11) is 1.65.